The van der Waals surface area contributed by atoms with Gasteiger partial charge in [0.15, 0.2) is 0 Å². The first-order chi connectivity index (χ1) is 14.1. The number of nitrogens with one attached hydrogen (secondary N) is 2. The monoisotopic (exact) mass is 393 g/mol. The first kappa shape index (κ1) is 19.7. The minimum absolute atomic E-state index is 0.104. The molecule has 0 fully saturated rings. The second kappa shape index (κ2) is 9.27. The minimum Gasteiger partial charge on any atom is -0.496 e. The molecule has 2 aromatic heterocycles. The number of pyridine rings is 1. The smallest absolute Gasteiger partial charge is 0.291 e. The Hall–Kier alpha value is -4.01. The van der Waals surface area contributed by atoms with Gasteiger partial charge in [0.25, 0.3) is 11.5 Å². The number of carbonyl (C=O) groups is 1. The van der Waals surface area contributed by atoms with Gasteiger partial charge in [0.1, 0.15) is 17.2 Å². The zero-order valence-corrected chi connectivity index (χ0v) is 15.9. The number of benzene rings is 1. The Balaban J connectivity index is 1.71. The molecule has 9 nitrogen and oxygen atoms in total. The lowest BCUT2D eigenvalue weighted by Crippen LogP contribution is -2.20. The van der Waals surface area contributed by atoms with Crippen molar-refractivity contribution in [2.75, 3.05) is 13.7 Å². The van der Waals surface area contributed by atoms with Crippen LogP contribution in [0.4, 0.5) is 0 Å². The largest absolute Gasteiger partial charge is 0.496 e. The number of hydrogen-bond acceptors (Lipinski definition) is 7. The number of methoxy groups -OCH3 is 1. The van der Waals surface area contributed by atoms with E-state index in [2.05, 4.69) is 25.5 Å². The Kier molecular flexibility index (Phi) is 6.31. The first-order valence-electron chi connectivity index (χ1n) is 8.76. The number of amides is 1. The van der Waals surface area contributed by atoms with Crippen molar-refractivity contribution in [3.05, 3.63) is 70.5 Å². The summed E-state index contributed by atoms with van der Waals surface area (Å²) >= 11 is 0. The van der Waals surface area contributed by atoms with Crippen molar-refractivity contribution in [1.29, 1.82) is 0 Å². The second-order valence-corrected chi connectivity index (χ2v) is 5.79. The van der Waals surface area contributed by atoms with Crippen LogP contribution in [0.5, 0.6) is 11.5 Å². The van der Waals surface area contributed by atoms with Crippen molar-refractivity contribution in [2.24, 2.45) is 5.10 Å². The van der Waals surface area contributed by atoms with E-state index in [0.717, 1.165) is 11.3 Å². The fourth-order valence-corrected chi connectivity index (χ4v) is 2.45. The van der Waals surface area contributed by atoms with Crippen LogP contribution in [0.1, 0.15) is 23.1 Å². The highest BCUT2D eigenvalue weighted by Crippen LogP contribution is 2.20. The van der Waals surface area contributed by atoms with Crippen LogP contribution in [-0.4, -0.2) is 40.8 Å². The van der Waals surface area contributed by atoms with Crippen LogP contribution in [0.3, 0.4) is 0 Å². The number of hydrogen-bond donors (Lipinski definition) is 2. The van der Waals surface area contributed by atoms with E-state index in [4.69, 9.17) is 9.47 Å². The average molecular weight is 393 g/mol. The van der Waals surface area contributed by atoms with Gasteiger partial charge in [-0.05, 0) is 31.2 Å². The van der Waals surface area contributed by atoms with Crippen molar-refractivity contribution in [1.82, 2.24) is 20.4 Å². The third kappa shape index (κ3) is 5.25. The molecule has 9 heteroatoms. The molecular weight excluding hydrogens is 374 g/mol. The SMILES string of the molecule is CCOc1ccc(-c2cncc(C(=O)N/N=C/c3cc(OC)cc(=O)[nH]3)n2)cc1. The van der Waals surface area contributed by atoms with Gasteiger partial charge in [-0.2, -0.15) is 5.10 Å². The summed E-state index contributed by atoms with van der Waals surface area (Å²) in [5.41, 5.74) is 3.84. The minimum atomic E-state index is -0.535. The lowest BCUT2D eigenvalue weighted by Gasteiger charge is -2.06. The maximum atomic E-state index is 12.3. The number of ether oxygens (including phenoxy) is 2. The van der Waals surface area contributed by atoms with Crippen LogP contribution in [0.15, 0.2) is 58.7 Å². The van der Waals surface area contributed by atoms with Gasteiger partial charge in [0.2, 0.25) is 0 Å². The highest BCUT2D eigenvalue weighted by molar-refractivity contribution is 5.93. The summed E-state index contributed by atoms with van der Waals surface area (Å²) in [6.07, 6.45) is 4.21. The maximum absolute atomic E-state index is 12.3. The van der Waals surface area contributed by atoms with Gasteiger partial charge in [-0.25, -0.2) is 10.4 Å². The van der Waals surface area contributed by atoms with Gasteiger partial charge in [-0.15, -0.1) is 0 Å². The van der Waals surface area contributed by atoms with E-state index in [0.29, 0.717) is 23.7 Å². The molecule has 148 valence electrons. The number of nitrogens with zero attached hydrogens (tertiary/aromatic N) is 3. The molecule has 0 bridgehead atoms. The number of hydrazone groups is 1. The quantitative estimate of drug-likeness (QED) is 0.468. The van der Waals surface area contributed by atoms with Gasteiger partial charge < -0.3 is 14.5 Å². The van der Waals surface area contributed by atoms with Gasteiger partial charge in [0, 0.05) is 17.7 Å². The maximum Gasteiger partial charge on any atom is 0.291 e. The van der Waals surface area contributed by atoms with Crippen LogP contribution in [0, 0.1) is 0 Å². The van der Waals surface area contributed by atoms with Gasteiger partial charge >= 0.3 is 0 Å². The summed E-state index contributed by atoms with van der Waals surface area (Å²) in [6.45, 7) is 2.49. The lowest BCUT2D eigenvalue weighted by molar-refractivity contribution is 0.0950. The molecule has 0 radical (unpaired) electrons. The fraction of sp³-hybridized carbons (Fsp3) is 0.150. The molecular formula is C20H19N5O4. The van der Waals surface area contributed by atoms with Crippen LogP contribution in [0.25, 0.3) is 11.3 Å². The molecule has 1 aromatic carbocycles. The molecule has 2 N–H and O–H groups in total. The third-order valence-corrected chi connectivity index (χ3v) is 3.77. The van der Waals surface area contributed by atoms with Crippen LogP contribution in [-0.2, 0) is 0 Å². The normalized spacial score (nSPS) is 10.7. The van der Waals surface area contributed by atoms with Crippen molar-refractivity contribution < 1.29 is 14.3 Å². The van der Waals surface area contributed by atoms with Crippen LogP contribution >= 0.6 is 0 Å². The molecule has 0 aliphatic rings. The van der Waals surface area contributed by atoms with E-state index in [1.165, 1.54) is 25.6 Å². The van der Waals surface area contributed by atoms with Crippen LogP contribution in [0.2, 0.25) is 0 Å². The topological polar surface area (TPSA) is 119 Å². The second-order valence-electron chi connectivity index (χ2n) is 5.79. The lowest BCUT2D eigenvalue weighted by atomic mass is 10.1. The molecule has 0 spiro atoms. The summed E-state index contributed by atoms with van der Waals surface area (Å²) in [6, 6.07) is 10.2. The van der Waals surface area contributed by atoms with Crippen molar-refractivity contribution in [3.63, 3.8) is 0 Å². The number of rotatable bonds is 7. The number of H-pyrrole nitrogens is 1. The standard InChI is InChI=1S/C20H19N5O4/c1-3-29-15-6-4-13(5-7-15)17-11-21-12-18(24-17)20(27)25-22-10-14-8-16(28-2)9-19(26)23-14/h4-12H,3H2,1-2H3,(H,23,26)(H,25,27)/b22-10+. The summed E-state index contributed by atoms with van der Waals surface area (Å²) in [5, 5.41) is 3.83. The molecule has 0 atom stereocenters. The number of aromatic nitrogens is 3. The van der Waals surface area contributed by atoms with Crippen molar-refractivity contribution in [2.45, 2.75) is 6.92 Å². The van der Waals surface area contributed by atoms with E-state index in [1.54, 1.807) is 12.3 Å². The molecule has 1 amide bonds. The van der Waals surface area contributed by atoms with E-state index >= 15 is 0 Å². The highest BCUT2D eigenvalue weighted by Gasteiger charge is 2.09. The van der Waals surface area contributed by atoms with Gasteiger partial charge in [-0.1, -0.05) is 0 Å². The van der Waals surface area contributed by atoms with E-state index in [-0.39, 0.29) is 11.3 Å². The molecule has 0 unspecified atom stereocenters. The molecule has 0 aliphatic heterocycles. The predicted octanol–water partition coefficient (Wildman–Crippen LogP) is 2.00. The highest BCUT2D eigenvalue weighted by atomic mass is 16.5. The third-order valence-electron chi connectivity index (χ3n) is 3.77. The molecule has 3 aromatic rings. The Morgan fingerprint density at radius 3 is 2.72 bits per heavy atom. The number of carbonyl (C=O) groups excluding carboxylic acids is 1. The zero-order valence-electron chi connectivity index (χ0n) is 15.9. The van der Waals surface area contributed by atoms with Crippen LogP contribution < -0.4 is 20.5 Å². The Labute approximate surface area is 166 Å². The molecule has 0 aliphatic carbocycles. The first-order valence-corrected chi connectivity index (χ1v) is 8.76. The summed E-state index contributed by atoms with van der Waals surface area (Å²) in [7, 11) is 1.45. The predicted molar refractivity (Wildman–Crippen MR) is 107 cm³/mol. The Morgan fingerprint density at radius 1 is 1.21 bits per heavy atom. The number of aromatic amines is 1. The fourth-order valence-electron chi connectivity index (χ4n) is 2.45. The summed E-state index contributed by atoms with van der Waals surface area (Å²) < 4.78 is 10.4. The van der Waals surface area contributed by atoms with Crippen molar-refractivity contribution >= 4 is 12.1 Å². The van der Waals surface area contributed by atoms with Crippen molar-refractivity contribution in [3.8, 4) is 22.8 Å². The Morgan fingerprint density at radius 2 is 2.00 bits per heavy atom. The van der Waals surface area contributed by atoms with E-state index < -0.39 is 5.91 Å². The molecule has 29 heavy (non-hydrogen) atoms. The average Bonchev–Trinajstić information content (AvgIpc) is 2.74. The molecule has 2 heterocycles. The summed E-state index contributed by atoms with van der Waals surface area (Å²) in [4.78, 5) is 34.8. The van der Waals surface area contributed by atoms with Gasteiger partial charge in [0.05, 0.1) is 43.7 Å². The van der Waals surface area contributed by atoms with Gasteiger partial charge in [-0.3, -0.25) is 14.6 Å². The molecule has 3 rings (SSSR count). The molecule has 0 saturated carbocycles. The summed E-state index contributed by atoms with van der Waals surface area (Å²) in [5.74, 6) is 0.602. The Bertz CT molecular complexity index is 1080. The van der Waals surface area contributed by atoms with E-state index in [9.17, 15) is 9.59 Å². The molecule has 0 saturated heterocycles. The zero-order chi connectivity index (χ0) is 20.6. The van der Waals surface area contributed by atoms with E-state index in [1.807, 2.05) is 31.2 Å².